The largest absolute Gasteiger partial charge is 0.363 e. The van der Waals surface area contributed by atoms with Gasteiger partial charge in [-0.1, -0.05) is 0 Å². The standard InChI is InChI=1S/C6H10NO2/c8-4-3-7-6-2-1-5-9-6/h6-7H,1-3,5H2. The third-order valence-electron chi connectivity index (χ3n) is 1.33. The number of ether oxygens (including phenoxy) is 1. The fraction of sp³-hybridized carbons (Fsp3) is 0.833. The van der Waals surface area contributed by atoms with Crippen LogP contribution in [-0.2, 0) is 9.53 Å². The number of carbonyl (C=O) groups excluding carboxylic acids is 1. The summed E-state index contributed by atoms with van der Waals surface area (Å²) >= 11 is 0. The van der Waals surface area contributed by atoms with E-state index in [1.807, 2.05) is 0 Å². The Balaban J connectivity index is 2.04. The minimum atomic E-state index is 0.103. The molecule has 1 radical (unpaired) electrons. The van der Waals surface area contributed by atoms with Crippen molar-refractivity contribution in [3.63, 3.8) is 0 Å². The quantitative estimate of drug-likeness (QED) is 0.573. The molecule has 1 rings (SSSR count). The highest BCUT2D eigenvalue weighted by molar-refractivity contribution is 5.52. The van der Waals surface area contributed by atoms with Crippen LogP contribution in [-0.4, -0.2) is 25.7 Å². The molecule has 1 saturated heterocycles. The van der Waals surface area contributed by atoms with E-state index in [-0.39, 0.29) is 12.8 Å². The number of nitrogens with one attached hydrogen (secondary N) is 1. The van der Waals surface area contributed by atoms with E-state index in [0.29, 0.717) is 0 Å². The molecule has 0 aromatic carbocycles. The zero-order chi connectivity index (χ0) is 6.53. The molecule has 1 aliphatic heterocycles. The molecule has 0 spiro atoms. The van der Waals surface area contributed by atoms with Crippen molar-refractivity contribution in [1.82, 2.24) is 5.32 Å². The molecule has 0 saturated carbocycles. The van der Waals surface area contributed by atoms with Crippen molar-refractivity contribution in [2.75, 3.05) is 13.2 Å². The van der Waals surface area contributed by atoms with Crippen molar-refractivity contribution < 1.29 is 9.53 Å². The minimum absolute atomic E-state index is 0.103. The van der Waals surface area contributed by atoms with Crippen molar-refractivity contribution in [2.24, 2.45) is 0 Å². The van der Waals surface area contributed by atoms with Crippen LogP contribution in [0.15, 0.2) is 0 Å². The van der Waals surface area contributed by atoms with Crippen molar-refractivity contribution in [3.05, 3.63) is 0 Å². The van der Waals surface area contributed by atoms with Gasteiger partial charge < -0.3 is 4.74 Å². The second-order valence-corrected chi connectivity index (χ2v) is 2.03. The van der Waals surface area contributed by atoms with Crippen LogP contribution in [0.1, 0.15) is 12.8 Å². The van der Waals surface area contributed by atoms with E-state index in [4.69, 9.17) is 4.74 Å². The third-order valence-corrected chi connectivity index (χ3v) is 1.33. The maximum Gasteiger partial charge on any atom is 0.213 e. The van der Waals surface area contributed by atoms with Gasteiger partial charge in [0.1, 0.15) is 6.23 Å². The number of rotatable bonds is 3. The summed E-state index contributed by atoms with van der Waals surface area (Å²) in [5.74, 6) is 0. The van der Waals surface area contributed by atoms with Crippen LogP contribution in [0.5, 0.6) is 0 Å². The zero-order valence-corrected chi connectivity index (χ0v) is 5.22. The Morgan fingerprint density at radius 2 is 2.67 bits per heavy atom. The predicted molar refractivity (Wildman–Crippen MR) is 32.7 cm³/mol. The SMILES string of the molecule is O=[C]CNC1CCCO1. The van der Waals surface area contributed by atoms with Gasteiger partial charge in [0, 0.05) is 6.61 Å². The van der Waals surface area contributed by atoms with Gasteiger partial charge in [0.2, 0.25) is 6.29 Å². The molecular formula is C6H10NO2. The minimum Gasteiger partial charge on any atom is -0.363 e. The molecule has 9 heavy (non-hydrogen) atoms. The fourth-order valence-electron chi connectivity index (χ4n) is 0.894. The molecule has 1 atom stereocenters. The monoisotopic (exact) mass is 128 g/mol. The first-order valence-electron chi connectivity index (χ1n) is 3.13. The molecule has 51 valence electrons. The van der Waals surface area contributed by atoms with Gasteiger partial charge in [-0.3, -0.25) is 10.1 Å². The lowest BCUT2D eigenvalue weighted by Crippen LogP contribution is -2.29. The topological polar surface area (TPSA) is 38.3 Å². The van der Waals surface area contributed by atoms with E-state index in [9.17, 15) is 4.79 Å². The molecule has 3 nitrogen and oxygen atoms in total. The van der Waals surface area contributed by atoms with Crippen LogP contribution in [0, 0.1) is 0 Å². The van der Waals surface area contributed by atoms with Crippen LogP contribution in [0.2, 0.25) is 0 Å². The van der Waals surface area contributed by atoms with Gasteiger partial charge in [-0.25, -0.2) is 0 Å². The van der Waals surface area contributed by atoms with Gasteiger partial charge in [-0.2, -0.15) is 0 Å². The van der Waals surface area contributed by atoms with Crippen molar-refractivity contribution >= 4 is 6.29 Å². The summed E-state index contributed by atoms with van der Waals surface area (Å²) in [4.78, 5) is 9.72. The molecule has 1 heterocycles. The smallest absolute Gasteiger partial charge is 0.213 e. The Kier molecular flexibility index (Phi) is 2.67. The summed E-state index contributed by atoms with van der Waals surface area (Å²) in [7, 11) is 0. The average molecular weight is 128 g/mol. The molecule has 1 aliphatic rings. The van der Waals surface area contributed by atoms with Gasteiger partial charge in [0.15, 0.2) is 0 Å². The van der Waals surface area contributed by atoms with Crippen LogP contribution in [0.4, 0.5) is 0 Å². The Labute approximate surface area is 54.4 Å². The zero-order valence-electron chi connectivity index (χ0n) is 5.22. The molecular weight excluding hydrogens is 118 g/mol. The first-order chi connectivity index (χ1) is 4.43. The van der Waals surface area contributed by atoms with Gasteiger partial charge in [-0.15, -0.1) is 0 Å². The third kappa shape index (κ3) is 2.11. The number of hydrogen-bond acceptors (Lipinski definition) is 3. The second-order valence-electron chi connectivity index (χ2n) is 2.03. The lowest BCUT2D eigenvalue weighted by atomic mass is 10.3. The van der Waals surface area contributed by atoms with Crippen LogP contribution in [0.3, 0.4) is 0 Å². The predicted octanol–water partition coefficient (Wildman–Crippen LogP) is -0.178. The highest BCUT2D eigenvalue weighted by Gasteiger charge is 2.13. The average Bonchev–Trinajstić information content (AvgIpc) is 2.34. The molecule has 1 N–H and O–H groups in total. The van der Waals surface area contributed by atoms with E-state index < -0.39 is 0 Å². The molecule has 3 heteroatoms. The van der Waals surface area contributed by atoms with Crippen molar-refractivity contribution in [1.29, 1.82) is 0 Å². The van der Waals surface area contributed by atoms with Crippen molar-refractivity contribution in [3.8, 4) is 0 Å². The van der Waals surface area contributed by atoms with E-state index in [0.717, 1.165) is 19.4 Å². The van der Waals surface area contributed by atoms with E-state index in [1.165, 1.54) is 0 Å². The highest BCUT2D eigenvalue weighted by atomic mass is 16.5. The maximum absolute atomic E-state index is 9.72. The molecule has 0 bridgehead atoms. The van der Waals surface area contributed by atoms with E-state index >= 15 is 0 Å². The summed E-state index contributed by atoms with van der Waals surface area (Å²) in [6.45, 7) is 1.10. The van der Waals surface area contributed by atoms with Gasteiger partial charge >= 0.3 is 0 Å². The normalized spacial score (nSPS) is 26.4. The van der Waals surface area contributed by atoms with E-state index in [2.05, 4.69) is 5.32 Å². The Bertz CT molecular complexity index is 89.1. The summed E-state index contributed by atoms with van der Waals surface area (Å²) in [6, 6.07) is 0. The summed E-state index contributed by atoms with van der Waals surface area (Å²) in [5, 5.41) is 2.89. The highest BCUT2D eigenvalue weighted by Crippen LogP contribution is 2.07. The first kappa shape index (κ1) is 6.71. The van der Waals surface area contributed by atoms with Crippen LogP contribution in [0.25, 0.3) is 0 Å². The molecule has 0 aromatic heterocycles. The molecule has 1 fully saturated rings. The summed E-state index contributed by atoms with van der Waals surface area (Å²) in [5.41, 5.74) is 0. The molecule has 1 unspecified atom stereocenters. The number of hydrogen-bond donors (Lipinski definition) is 1. The molecule has 0 amide bonds. The Hall–Kier alpha value is -0.410. The molecule has 0 aliphatic carbocycles. The lowest BCUT2D eigenvalue weighted by Gasteiger charge is -2.06. The Morgan fingerprint density at radius 1 is 1.78 bits per heavy atom. The van der Waals surface area contributed by atoms with Gasteiger partial charge in [0.05, 0.1) is 6.54 Å². The maximum atomic E-state index is 9.72. The van der Waals surface area contributed by atoms with Crippen LogP contribution < -0.4 is 5.32 Å². The Morgan fingerprint density at radius 3 is 3.22 bits per heavy atom. The van der Waals surface area contributed by atoms with Crippen molar-refractivity contribution in [2.45, 2.75) is 19.1 Å². The van der Waals surface area contributed by atoms with Gasteiger partial charge in [-0.05, 0) is 12.8 Å². The summed E-state index contributed by atoms with van der Waals surface area (Å²) < 4.78 is 5.16. The van der Waals surface area contributed by atoms with Gasteiger partial charge in [0.25, 0.3) is 0 Å². The second kappa shape index (κ2) is 3.58. The van der Waals surface area contributed by atoms with E-state index in [1.54, 1.807) is 6.29 Å². The summed E-state index contributed by atoms with van der Waals surface area (Å²) in [6.07, 6.45) is 3.97. The fourth-order valence-corrected chi connectivity index (χ4v) is 0.894. The lowest BCUT2D eigenvalue weighted by molar-refractivity contribution is 0.0881. The van der Waals surface area contributed by atoms with Crippen LogP contribution >= 0.6 is 0 Å². The first-order valence-corrected chi connectivity index (χ1v) is 3.13. The molecule has 0 aromatic rings.